The fourth-order valence-electron chi connectivity index (χ4n) is 2.93. The fraction of sp³-hybridized carbons (Fsp3) is 0.286. The van der Waals surface area contributed by atoms with Gasteiger partial charge in [0.2, 0.25) is 0 Å². The summed E-state index contributed by atoms with van der Waals surface area (Å²) in [5.74, 6) is 0.871. The molecule has 0 bridgehead atoms. The van der Waals surface area contributed by atoms with Crippen LogP contribution >= 0.6 is 0 Å². The van der Waals surface area contributed by atoms with Crippen LogP contribution in [0.1, 0.15) is 11.1 Å². The van der Waals surface area contributed by atoms with Crippen LogP contribution in [0.2, 0.25) is 0 Å². The number of carbonyl (C=O) groups is 1. The van der Waals surface area contributed by atoms with Crippen LogP contribution in [0, 0.1) is 0 Å². The second-order valence-electron chi connectivity index (χ2n) is 6.31. The molecule has 1 saturated heterocycles. The van der Waals surface area contributed by atoms with Crippen molar-refractivity contribution in [1.82, 2.24) is 9.80 Å². The highest BCUT2D eigenvalue weighted by Crippen LogP contribution is 2.12. The Hall–Kier alpha value is -2.79. The van der Waals surface area contributed by atoms with Gasteiger partial charge >= 0.3 is 6.09 Å². The van der Waals surface area contributed by atoms with Crippen molar-refractivity contribution in [3.8, 4) is 5.75 Å². The van der Waals surface area contributed by atoms with E-state index >= 15 is 0 Å². The molecule has 0 unspecified atom stereocenters. The average Bonchev–Trinajstić information content (AvgIpc) is 2.68. The quantitative estimate of drug-likeness (QED) is 0.863. The molecule has 1 fully saturated rings. The lowest BCUT2D eigenvalue weighted by Crippen LogP contribution is -2.47. The highest BCUT2D eigenvalue weighted by Gasteiger charge is 2.19. The van der Waals surface area contributed by atoms with Gasteiger partial charge in [-0.05, 0) is 29.3 Å². The Morgan fingerprint density at radius 2 is 1.69 bits per heavy atom. The molecule has 2 aromatic rings. The summed E-state index contributed by atoms with van der Waals surface area (Å²) in [5.41, 5.74) is 2.38. The zero-order chi connectivity index (χ0) is 18.2. The fourth-order valence-corrected chi connectivity index (χ4v) is 2.93. The van der Waals surface area contributed by atoms with Crippen molar-refractivity contribution >= 4 is 12.2 Å². The first-order chi connectivity index (χ1) is 12.7. The largest absolute Gasteiger partial charge is 0.490 e. The second-order valence-corrected chi connectivity index (χ2v) is 6.31. The summed E-state index contributed by atoms with van der Waals surface area (Å²) in [7, 11) is 0. The molecule has 1 amide bonds. The monoisotopic (exact) mass is 352 g/mol. The highest BCUT2D eigenvalue weighted by atomic mass is 16.5. The van der Waals surface area contributed by atoms with Crippen molar-refractivity contribution in [2.24, 2.45) is 0 Å². The molecule has 136 valence electrons. The van der Waals surface area contributed by atoms with Gasteiger partial charge in [0.05, 0.1) is 0 Å². The molecule has 1 N–H and O–H groups in total. The lowest BCUT2D eigenvalue weighted by Gasteiger charge is -2.33. The van der Waals surface area contributed by atoms with Crippen LogP contribution in [-0.2, 0) is 6.54 Å². The van der Waals surface area contributed by atoms with Crippen molar-refractivity contribution < 1.29 is 14.6 Å². The van der Waals surface area contributed by atoms with E-state index in [9.17, 15) is 4.79 Å². The minimum atomic E-state index is -0.822. The van der Waals surface area contributed by atoms with Crippen LogP contribution < -0.4 is 4.74 Å². The molecule has 1 aliphatic rings. The molecule has 26 heavy (non-hydrogen) atoms. The maximum Gasteiger partial charge on any atom is 0.407 e. The summed E-state index contributed by atoms with van der Waals surface area (Å²) in [6, 6.07) is 18.2. The number of piperazine rings is 1. The maximum absolute atomic E-state index is 10.9. The van der Waals surface area contributed by atoms with Crippen LogP contribution in [0.3, 0.4) is 0 Å². The topological polar surface area (TPSA) is 53.0 Å². The molecular weight excluding hydrogens is 328 g/mol. The normalized spacial score (nSPS) is 15.3. The SMILES string of the molecule is O=C(O)N1CCN(Cc2ccc(/C=C/COc3ccccc3)cc2)CC1. The van der Waals surface area contributed by atoms with Crippen molar-refractivity contribution in [1.29, 1.82) is 0 Å². The third kappa shape index (κ3) is 5.36. The first kappa shape index (κ1) is 18.0. The Morgan fingerprint density at radius 3 is 2.35 bits per heavy atom. The number of rotatable bonds is 6. The van der Waals surface area contributed by atoms with Gasteiger partial charge in [-0.3, -0.25) is 4.90 Å². The van der Waals surface area contributed by atoms with Gasteiger partial charge in [-0.25, -0.2) is 4.79 Å². The maximum atomic E-state index is 10.9. The van der Waals surface area contributed by atoms with Crippen molar-refractivity contribution in [2.45, 2.75) is 6.54 Å². The molecule has 0 atom stereocenters. The number of hydrogen-bond donors (Lipinski definition) is 1. The van der Waals surface area contributed by atoms with Crippen molar-refractivity contribution in [2.75, 3.05) is 32.8 Å². The van der Waals surface area contributed by atoms with E-state index < -0.39 is 6.09 Å². The molecule has 0 saturated carbocycles. The summed E-state index contributed by atoms with van der Waals surface area (Å²) < 4.78 is 5.64. The number of benzene rings is 2. The lowest BCUT2D eigenvalue weighted by molar-refractivity contribution is 0.103. The molecule has 1 heterocycles. The minimum Gasteiger partial charge on any atom is -0.490 e. The molecule has 5 nitrogen and oxygen atoms in total. The Bertz CT molecular complexity index is 721. The van der Waals surface area contributed by atoms with E-state index in [1.807, 2.05) is 36.4 Å². The minimum absolute atomic E-state index is 0.541. The number of para-hydroxylation sites is 1. The van der Waals surface area contributed by atoms with Crippen LogP contribution in [0.4, 0.5) is 4.79 Å². The molecule has 0 spiro atoms. The van der Waals surface area contributed by atoms with Gasteiger partial charge in [-0.1, -0.05) is 48.5 Å². The number of amides is 1. The molecule has 0 aliphatic carbocycles. The lowest BCUT2D eigenvalue weighted by atomic mass is 10.1. The molecule has 0 radical (unpaired) electrons. The van der Waals surface area contributed by atoms with Gasteiger partial charge in [0, 0.05) is 32.7 Å². The zero-order valence-corrected chi connectivity index (χ0v) is 14.8. The second kappa shape index (κ2) is 9.06. The summed E-state index contributed by atoms with van der Waals surface area (Å²) >= 11 is 0. The number of carboxylic acid groups (broad SMARTS) is 1. The van der Waals surface area contributed by atoms with Crippen LogP contribution in [0.15, 0.2) is 60.7 Å². The molecule has 0 aromatic heterocycles. The summed E-state index contributed by atoms with van der Waals surface area (Å²) in [4.78, 5) is 14.7. The van der Waals surface area contributed by atoms with E-state index in [0.29, 0.717) is 19.7 Å². The molecule has 3 rings (SSSR count). The molecule has 5 heteroatoms. The van der Waals surface area contributed by atoms with E-state index in [1.54, 1.807) is 0 Å². The molecular formula is C21H24N2O3. The predicted molar refractivity (Wildman–Crippen MR) is 102 cm³/mol. The smallest absolute Gasteiger partial charge is 0.407 e. The highest BCUT2D eigenvalue weighted by molar-refractivity contribution is 5.65. The summed E-state index contributed by atoms with van der Waals surface area (Å²) in [6.07, 6.45) is 3.24. The summed E-state index contributed by atoms with van der Waals surface area (Å²) in [6.45, 7) is 4.12. The first-order valence-electron chi connectivity index (χ1n) is 8.84. The van der Waals surface area contributed by atoms with Crippen molar-refractivity contribution in [3.63, 3.8) is 0 Å². The van der Waals surface area contributed by atoms with Crippen LogP contribution in [0.25, 0.3) is 6.08 Å². The van der Waals surface area contributed by atoms with Crippen LogP contribution in [0.5, 0.6) is 5.75 Å². The van der Waals surface area contributed by atoms with Gasteiger partial charge < -0.3 is 14.7 Å². The van der Waals surface area contributed by atoms with Gasteiger partial charge in [0.1, 0.15) is 12.4 Å². The standard InChI is InChI=1S/C21H24N2O3/c24-21(25)23-14-12-22(13-15-23)17-19-10-8-18(9-11-19)5-4-16-26-20-6-2-1-3-7-20/h1-11H,12-17H2,(H,24,25)/b5-4+. The Balaban J connectivity index is 1.43. The third-order valence-corrected chi connectivity index (χ3v) is 4.43. The van der Waals surface area contributed by atoms with Gasteiger partial charge in [-0.15, -0.1) is 0 Å². The van der Waals surface area contributed by atoms with E-state index in [4.69, 9.17) is 9.84 Å². The number of hydrogen-bond acceptors (Lipinski definition) is 3. The predicted octanol–water partition coefficient (Wildman–Crippen LogP) is 3.57. The number of ether oxygens (including phenoxy) is 1. The third-order valence-electron chi connectivity index (χ3n) is 4.43. The summed E-state index contributed by atoms with van der Waals surface area (Å²) in [5, 5.41) is 8.99. The van der Waals surface area contributed by atoms with Crippen LogP contribution in [-0.4, -0.2) is 53.8 Å². The van der Waals surface area contributed by atoms with E-state index in [-0.39, 0.29) is 0 Å². The van der Waals surface area contributed by atoms with E-state index in [1.165, 1.54) is 10.5 Å². The van der Waals surface area contributed by atoms with Gasteiger partial charge in [0.15, 0.2) is 0 Å². The Labute approximate surface area is 154 Å². The van der Waals surface area contributed by atoms with Crippen molar-refractivity contribution in [3.05, 3.63) is 71.8 Å². The van der Waals surface area contributed by atoms with E-state index in [0.717, 1.165) is 30.9 Å². The first-order valence-corrected chi connectivity index (χ1v) is 8.84. The Kier molecular flexibility index (Phi) is 6.28. The zero-order valence-electron chi connectivity index (χ0n) is 14.8. The Morgan fingerprint density at radius 1 is 1.00 bits per heavy atom. The molecule has 2 aromatic carbocycles. The van der Waals surface area contributed by atoms with Gasteiger partial charge in [-0.2, -0.15) is 0 Å². The number of nitrogens with zero attached hydrogens (tertiary/aromatic N) is 2. The van der Waals surface area contributed by atoms with Gasteiger partial charge in [0.25, 0.3) is 0 Å². The average molecular weight is 352 g/mol. The van der Waals surface area contributed by atoms with E-state index in [2.05, 4.69) is 35.2 Å². The molecule has 1 aliphatic heterocycles.